The topological polar surface area (TPSA) is 130 Å². The molecule has 0 radical (unpaired) electrons. The van der Waals surface area contributed by atoms with Gasteiger partial charge >= 0.3 is 5.69 Å². The highest BCUT2D eigenvalue weighted by Gasteiger charge is 2.11. The lowest BCUT2D eigenvalue weighted by molar-refractivity contribution is 0.102. The molecule has 0 unspecified atom stereocenters. The minimum Gasteiger partial charge on any atom is -0.497 e. The number of carbonyl (C=O) groups is 1. The Balaban J connectivity index is 2.32. The lowest BCUT2D eigenvalue weighted by Crippen LogP contribution is -2.27. The fourth-order valence-electron chi connectivity index (χ4n) is 1.55. The molecular formula is C12H12N4O4. The van der Waals surface area contributed by atoms with E-state index in [9.17, 15) is 14.4 Å². The summed E-state index contributed by atoms with van der Waals surface area (Å²) in [6, 6.07) is 5.71. The van der Waals surface area contributed by atoms with E-state index in [4.69, 9.17) is 10.5 Å². The molecule has 0 bridgehead atoms. The van der Waals surface area contributed by atoms with Crippen LogP contribution in [0.5, 0.6) is 5.75 Å². The van der Waals surface area contributed by atoms with Gasteiger partial charge in [0.05, 0.1) is 18.5 Å². The van der Waals surface area contributed by atoms with Gasteiger partial charge in [-0.05, 0) is 12.1 Å². The van der Waals surface area contributed by atoms with E-state index in [1.165, 1.54) is 13.2 Å². The Morgan fingerprint density at radius 3 is 2.65 bits per heavy atom. The fraction of sp³-hybridized carbons (Fsp3) is 0.0833. The van der Waals surface area contributed by atoms with Crippen molar-refractivity contribution < 1.29 is 9.53 Å². The van der Waals surface area contributed by atoms with E-state index in [-0.39, 0.29) is 5.69 Å². The third-order valence-electron chi connectivity index (χ3n) is 2.51. The normalized spacial score (nSPS) is 10.1. The van der Waals surface area contributed by atoms with Crippen molar-refractivity contribution in [2.45, 2.75) is 0 Å². The highest BCUT2D eigenvalue weighted by Crippen LogP contribution is 2.24. The number of aromatic nitrogens is 2. The van der Waals surface area contributed by atoms with Gasteiger partial charge in [-0.2, -0.15) is 0 Å². The van der Waals surface area contributed by atoms with Crippen LogP contribution in [0.15, 0.2) is 33.9 Å². The highest BCUT2D eigenvalue weighted by molar-refractivity contribution is 6.04. The number of aromatic amines is 2. The van der Waals surface area contributed by atoms with Crippen LogP contribution < -0.4 is 27.0 Å². The monoisotopic (exact) mass is 276 g/mol. The standard InChI is InChI=1S/C12H12N4O4/c1-20-6-2-3-7(13)8(4-6)14-11(18)9-5-10(17)16-12(19)15-9/h2-5H,13H2,1H3,(H,14,18)(H2,15,16,17,19). The molecule has 20 heavy (non-hydrogen) atoms. The highest BCUT2D eigenvalue weighted by atomic mass is 16.5. The molecule has 8 nitrogen and oxygen atoms in total. The maximum Gasteiger partial charge on any atom is 0.326 e. The van der Waals surface area contributed by atoms with Crippen molar-refractivity contribution in [1.82, 2.24) is 9.97 Å². The third-order valence-corrected chi connectivity index (χ3v) is 2.51. The van der Waals surface area contributed by atoms with Gasteiger partial charge < -0.3 is 20.8 Å². The van der Waals surface area contributed by atoms with Crippen molar-refractivity contribution in [3.05, 3.63) is 50.8 Å². The molecule has 0 saturated heterocycles. The Labute approximate surface area is 112 Å². The van der Waals surface area contributed by atoms with E-state index in [0.717, 1.165) is 6.07 Å². The maximum absolute atomic E-state index is 11.9. The van der Waals surface area contributed by atoms with Crippen LogP contribution in [0.25, 0.3) is 0 Å². The van der Waals surface area contributed by atoms with Gasteiger partial charge in [-0.15, -0.1) is 0 Å². The van der Waals surface area contributed by atoms with Crippen LogP contribution in [0.4, 0.5) is 11.4 Å². The second-order valence-corrected chi connectivity index (χ2v) is 3.91. The number of anilines is 2. The van der Waals surface area contributed by atoms with E-state index in [1.807, 2.05) is 4.98 Å². The maximum atomic E-state index is 11.9. The summed E-state index contributed by atoms with van der Waals surface area (Å²) in [7, 11) is 1.48. The van der Waals surface area contributed by atoms with Gasteiger partial charge in [0.25, 0.3) is 11.5 Å². The van der Waals surface area contributed by atoms with E-state index in [1.54, 1.807) is 12.1 Å². The van der Waals surface area contributed by atoms with Crippen LogP contribution in [0.2, 0.25) is 0 Å². The summed E-state index contributed by atoms with van der Waals surface area (Å²) in [5.41, 5.74) is 4.76. The van der Waals surface area contributed by atoms with E-state index in [2.05, 4.69) is 10.3 Å². The number of H-pyrrole nitrogens is 2. The fourth-order valence-corrected chi connectivity index (χ4v) is 1.55. The number of nitrogens with two attached hydrogens (primary N) is 1. The largest absolute Gasteiger partial charge is 0.497 e. The number of hydrogen-bond acceptors (Lipinski definition) is 5. The van der Waals surface area contributed by atoms with Crippen LogP contribution in [0, 0.1) is 0 Å². The van der Waals surface area contributed by atoms with Crippen LogP contribution in [-0.4, -0.2) is 23.0 Å². The Morgan fingerprint density at radius 1 is 1.25 bits per heavy atom. The molecule has 1 aromatic heterocycles. The first-order valence-electron chi connectivity index (χ1n) is 5.58. The summed E-state index contributed by atoms with van der Waals surface area (Å²) in [4.78, 5) is 38.4. The van der Waals surface area contributed by atoms with Crippen molar-refractivity contribution in [2.24, 2.45) is 0 Å². The molecular weight excluding hydrogens is 264 g/mol. The minimum absolute atomic E-state index is 0.166. The summed E-state index contributed by atoms with van der Waals surface area (Å²) in [6.45, 7) is 0. The second-order valence-electron chi connectivity index (χ2n) is 3.91. The molecule has 0 aliphatic carbocycles. The van der Waals surface area contributed by atoms with Crippen molar-refractivity contribution in [1.29, 1.82) is 0 Å². The quantitative estimate of drug-likeness (QED) is 0.582. The number of carbonyl (C=O) groups excluding carboxylic acids is 1. The van der Waals surface area contributed by atoms with E-state index >= 15 is 0 Å². The first kappa shape index (κ1) is 13.4. The number of methoxy groups -OCH3 is 1. The van der Waals surface area contributed by atoms with E-state index < -0.39 is 17.2 Å². The summed E-state index contributed by atoms with van der Waals surface area (Å²) in [6.07, 6.45) is 0. The predicted molar refractivity (Wildman–Crippen MR) is 73.0 cm³/mol. The van der Waals surface area contributed by atoms with E-state index in [0.29, 0.717) is 17.1 Å². The molecule has 1 heterocycles. The molecule has 104 valence electrons. The van der Waals surface area contributed by atoms with Gasteiger partial charge in [-0.1, -0.05) is 0 Å². The molecule has 0 atom stereocenters. The SMILES string of the molecule is COc1ccc(N)c(NC(=O)c2cc(=O)[nH]c(=O)[nH]2)c1. The average molecular weight is 276 g/mol. The smallest absolute Gasteiger partial charge is 0.326 e. The summed E-state index contributed by atoms with van der Waals surface area (Å²) < 4.78 is 5.02. The number of rotatable bonds is 3. The van der Waals surface area contributed by atoms with Crippen LogP contribution >= 0.6 is 0 Å². The lowest BCUT2D eigenvalue weighted by Gasteiger charge is -2.09. The average Bonchev–Trinajstić information content (AvgIpc) is 2.40. The third kappa shape index (κ3) is 2.86. The molecule has 2 rings (SSSR count). The van der Waals surface area contributed by atoms with Crippen LogP contribution in [0.1, 0.15) is 10.5 Å². The predicted octanol–water partition coefficient (Wildman–Crippen LogP) is -0.0937. The second kappa shape index (κ2) is 5.31. The Morgan fingerprint density at radius 2 is 2.00 bits per heavy atom. The van der Waals surface area contributed by atoms with Gasteiger partial charge in [0.1, 0.15) is 11.4 Å². The Bertz CT molecular complexity index is 734. The number of ether oxygens (including phenoxy) is 1. The molecule has 2 aromatic rings. The summed E-state index contributed by atoms with van der Waals surface area (Å²) in [5.74, 6) is -0.151. The molecule has 5 N–H and O–H groups in total. The first-order valence-corrected chi connectivity index (χ1v) is 5.58. The zero-order chi connectivity index (χ0) is 14.7. The molecule has 0 saturated carbocycles. The zero-order valence-corrected chi connectivity index (χ0v) is 10.5. The number of nitrogens with one attached hydrogen (secondary N) is 3. The molecule has 1 aromatic carbocycles. The molecule has 0 spiro atoms. The van der Waals surface area contributed by atoms with Crippen molar-refractivity contribution in [2.75, 3.05) is 18.2 Å². The first-order chi connectivity index (χ1) is 9.49. The molecule has 8 heteroatoms. The number of nitrogen functional groups attached to an aromatic ring is 1. The number of benzene rings is 1. The Hall–Kier alpha value is -3.03. The lowest BCUT2D eigenvalue weighted by atomic mass is 10.2. The van der Waals surface area contributed by atoms with Gasteiger partial charge in [0.2, 0.25) is 0 Å². The summed E-state index contributed by atoms with van der Waals surface area (Å²) in [5, 5.41) is 2.49. The number of amides is 1. The van der Waals surface area contributed by atoms with Crippen molar-refractivity contribution in [3.8, 4) is 5.75 Å². The van der Waals surface area contributed by atoms with Crippen LogP contribution in [-0.2, 0) is 0 Å². The summed E-state index contributed by atoms with van der Waals surface area (Å²) >= 11 is 0. The van der Waals surface area contributed by atoms with Gasteiger partial charge in [0.15, 0.2) is 0 Å². The zero-order valence-electron chi connectivity index (χ0n) is 10.5. The number of hydrogen-bond donors (Lipinski definition) is 4. The van der Waals surface area contributed by atoms with Gasteiger partial charge in [-0.3, -0.25) is 14.6 Å². The minimum atomic E-state index is -0.763. The van der Waals surface area contributed by atoms with Crippen molar-refractivity contribution >= 4 is 17.3 Å². The molecule has 0 fully saturated rings. The van der Waals surface area contributed by atoms with Gasteiger partial charge in [0, 0.05) is 12.1 Å². The van der Waals surface area contributed by atoms with Crippen molar-refractivity contribution in [3.63, 3.8) is 0 Å². The van der Waals surface area contributed by atoms with Crippen LogP contribution in [0.3, 0.4) is 0 Å². The molecule has 0 aliphatic heterocycles. The molecule has 0 aliphatic rings. The Kier molecular flexibility index (Phi) is 3.56. The molecule has 1 amide bonds. The van der Waals surface area contributed by atoms with Gasteiger partial charge in [-0.25, -0.2) is 4.79 Å².